The zero-order chi connectivity index (χ0) is 20.8. The van der Waals surface area contributed by atoms with Crippen LogP contribution in [-0.2, 0) is 11.3 Å². The van der Waals surface area contributed by atoms with E-state index < -0.39 is 5.82 Å². The lowest BCUT2D eigenvalue weighted by atomic mass is 10.2. The Morgan fingerprint density at radius 2 is 1.83 bits per heavy atom. The molecule has 2 aliphatic rings. The second kappa shape index (κ2) is 11.7. The molecule has 1 amide bonds. The molecule has 7 nitrogen and oxygen atoms in total. The normalized spacial score (nSPS) is 18.8. The van der Waals surface area contributed by atoms with E-state index in [0.717, 1.165) is 64.6 Å². The van der Waals surface area contributed by atoms with Crippen LogP contribution >= 0.6 is 24.0 Å². The van der Waals surface area contributed by atoms with Gasteiger partial charge >= 0.3 is 0 Å². The number of piperazine rings is 1. The Labute approximate surface area is 195 Å². The summed E-state index contributed by atoms with van der Waals surface area (Å²) in [4.78, 5) is 23.7. The minimum atomic E-state index is -0.632. The molecule has 1 aromatic carbocycles. The van der Waals surface area contributed by atoms with Crippen LogP contribution in [0, 0.1) is 5.82 Å². The van der Waals surface area contributed by atoms with Gasteiger partial charge in [-0.2, -0.15) is 0 Å². The van der Waals surface area contributed by atoms with Crippen LogP contribution in [0.15, 0.2) is 23.2 Å². The van der Waals surface area contributed by atoms with E-state index in [1.807, 2.05) is 18.7 Å². The summed E-state index contributed by atoms with van der Waals surface area (Å²) in [6.45, 7) is 10.1. The number of nitrogens with one attached hydrogen (secondary N) is 1. The Bertz CT molecular complexity index is 734. The third-order valence-corrected chi connectivity index (χ3v) is 5.70. The van der Waals surface area contributed by atoms with E-state index in [1.54, 1.807) is 6.07 Å². The Hall–Kier alpha value is -1.62. The number of nitrogens with zero attached hydrogens (tertiary/aromatic N) is 4. The van der Waals surface area contributed by atoms with Crippen molar-refractivity contribution in [1.29, 1.82) is 0 Å². The van der Waals surface area contributed by atoms with E-state index in [4.69, 9.17) is 0 Å². The van der Waals surface area contributed by atoms with Crippen LogP contribution < -0.4 is 5.32 Å². The average Bonchev–Trinajstić information content (AvgIpc) is 3.27. The van der Waals surface area contributed by atoms with E-state index in [-0.39, 0.29) is 41.7 Å². The number of phenolic OH excluding ortho intramolecular Hbond substituents is 1. The number of phenols is 1. The predicted octanol–water partition coefficient (Wildman–Crippen LogP) is 2.24. The second-order valence-corrected chi connectivity index (χ2v) is 7.69. The molecule has 0 radical (unpaired) electrons. The summed E-state index contributed by atoms with van der Waals surface area (Å²) >= 11 is 0. The number of hydrogen-bond acceptors (Lipinski definition) is 4. The molecule has 0 saturated carbocycles. The van der Waals surface area contributed by atoms with Gasteiger partial charge in [-0.05, 0) is 44.4 Å². The summed E-state index contributed by atoms with van der Waals surface area (Å²) < 4.78 is 13.5. The number of carbonyl (C=O) groups excluding carboxylic acids is 1. The van der Waals surface area contributed by atoms with Gasteiger partial charge in [0.1, 0.15) is 0 Å². The second-order valence-electron chi connectivity index (χ2n) is 7.69. The Morgan fingerprint density at radius 1 is 1.17 bits per heavy atom. The molecule has 0 spiro atoms. The van der Waals surface area contributed by atoms with Gasteiger partial charge in [-0.25, -0.2) is 9.38 Å². The van der Waals surface area contributed by atoms with Gasteiger partial charge < -0.3 is 20.2 Å². The summed E-state index contributed by atoms with van der Waals surface area (Å²) in [7, 11) is 0. The predicted molar refractivity (Wildman–Crippen MR) is 127 cm³/mol. The van der Waals surface area contributed by atoms with Gasteiger partial charge in [0, 0.05) is 45.8 Å². The minimum absolute atomic E-state index is 0. The fourth-order valence-electron chi connectivity index (χ4n) is 3.92. The molecule has 2 aliphatic heterocycles. The average molecular weight is 533 g/mol. The van der Waals surface area contributed by atoms with E-state index in [2.05, 4.69) is 20.1 Å². The molecule has 2 fully saturated rings. The van der Waals surface area contributed by atoms with Crippen molar-refractivity contribution >= 4 is 35.8 Å². The highest BCUT2D eigenvalue weighted by atomic mass is 127. The Kier molecular flexibility index (Phi) is 9.60. The van der Waals surface area contributed by atoms with Crippen molar-refractivity contribution in [3.05, 3.63) is 29.6 Å². The Morgan fingerprint density at radius 3 is 2.43 bits per heavy atom. The number of halogens is 2. The number of likely N-dealkylation sites (tertiary alicyclic amines) is 1. The Balaban J connectivity index is 0.00000320. The number of rotatable bonds is 5. The molecule has 1 aromatic rings. The first kappa shape index (κ1) is 24.6. The highest BCUT2D eigenvalue weighted by Gasteiger charge is 2.30. The first-order valence-corrected chi connectivity index (χ1v) is 10.5. The van der Waals surface area contributed by atoms with Crippen molar-refractivity contribution in [3.8, 4) is 5.75 Å². The highest BCUT2D eigenvalue weighted by Crippen LogP contribution is 2.17. The van der Waals surface area contributed by atoms with Crippen molar-refractivity contribution in [2.24, 2.45) is 4.99 Å². The number of aliphatic imine (C=N–C) groups is 1. The summed E-state index contributed by atoms with van der Waals surface area (Å²) in [5.74, 6) is 0.0522. The van der Waals surface area contributed by atoms with Crippen molar-refractivity contribution in [2.45, 2.75) is 39.3 Å². The molecular formula is C21H33FIN5O2. The van der Waals surface area contributed by atoms with Crippen molar-refractivity contribution in [3.63, 3.8) is 0 Å². The molecule has 30 heavy (non-hydrogen) atoms. The summed E-state index contributed by atoms with van der Waals surface area (Å²) in [5, 5.41) is 12.6. The van der Waals surface area contributed by atoms with Gasteiger partial charge in [-0.15, -0.1) is 24.0 Å². The fraction of sp³-hybridized carbons (Fsp3) is 0.619. The molecule has 2 N–H and O–H groups in total. The maximum atomic E-state index is 13.5. The summed E-state index contributed by atoms with van der Waals surface area (Å²) in [5.41, 5.74) is 0.708. The molecular weight excluding hydrogens is 500 g/mol. The molecule has 1 unspecified atom stereocenters. The number of amides is 1. The molecule has 2 saturated heterocycles. The van der Waals surface area contributed by atoms with Gasteiger partial charge in [-0.3, -0.25) is 9.69 Å². The number of benzene rings is 1. The van der Waals surface area contributed by atoms with Crippen LogP contribution in [0.3, 0.4) is 0 Å². The largest absolute Gasteiger partial charge is 0.505 e. The van der Waals surface area contributed by atoms with Crippen molar-refractivity contribution in [2.75, 3.05) is 45.8 Å². The molecule has 0 aromatic heterocycles. The lowest BCUT2D eigenvalue weighted by Gasteiger charge is -2.39. The number of guanidine groups is 1. The number of aromatic hydroxyl groups is 1. The molecule has 0 aliphatic carbocycles. The van der Waals surface area contributed by atoms with Crippen LogP contribution in [-0.4, -0.2) is 83.5 Å². The SMILES string of the molecule is CCNC(=NCc1ccc(O)c(F)c1)N1CCN(C(C)C(=O)N2CCCC2)CC1.I. The van der Waals surface area contributed by atoms with E-state index >= 15 is 0 Å². The third-order valence-electron chi connectivity index (χ3n) is 5.70. The topological polar surface area (TPSA) is 71.4 Å². The zero-order valence-corrected chi connectivity index (χ0v) is 20.1. The maximum Gasteiger partial charge on any atom is 0.239 e. The molecule has 1 atom stereocenters. The molecule has 2 heterocycles. The van der Waals surface area contributed by atoms with E-state index in [1.165, 1.54) is 12.1 Å². The molecule has 3 rings (SSSR count). The summed E-state index contributed by atoms with van der Waals surface area (Å²) in [6, 6.07) is 4.25. The van der Waals surface area contributed by atoms with Crippen molar-refractivity contribution in [1.82, 2.24) is 20.0 Å². The zero-order valence-electron chi connectivity index (χ0n) is 17.8. The van der Waals surface area contributed by atoms with E-state index in [0.29, 0.717) is 12.1 Å². The number of carbonyl (C=O) groups is 1. The van der Waals surface area contributed by atoms with Crippen LogP contribution in [0.4, 0.5) is 4.39 Å². The first-order chi connectivity index (χ1) is 14.0. The first-order valence-electron chi connectivity index (χ1n) is 10.5. The fourth-order valence-corrected chi connectivity index (χ4v) is 3.92. The smallest absolute Gasteiger partial charge is 0.239 e. The third kappa shape index (κ3) is 6.19. The minimum Gasteiger partial charge on any atom is -0.505 e. The number of hydrogen-bond donors (Lipinski definition) is 2. The van der Waals surface area contributed by atoms with Crippen LogP contribution in [0.1, 0.15) is 32.3 Å². The summed E-state index contributed by atoms with van der Waals surface area (Å²) in [6.07, 6.45) is 2.22. The van der Waals surface area contributed by atoms with Gasteiger partial charge in [-0.1, -0.05) is 6.07 Å². The molecule has 168 valence electrons. The van der Waals surface area contributed by atoms with Crippen molar-refractivity contribution < 1.29 is 14.3 Å². The molecule has 9 heteroatoms. The highest BCUT2D eigenvalue weighted by molar-refractivity contribution is 14.0. The van der Waals surface area contributed by atoms with Crippen LogP contribution in [0.5, 0.6) is 5.75 Å². The van der Waals surface area contributed by atoms with Crippen LogP contribution in [0.25, 0.3) is 0 Å². The maximum absolute atomic E-state index is 13.5. The van der Waals surface area contributed by atoms with Gasteiger partial charge in [0.2, 0.25) is 5.91 Å². The van der Waals surface area contributed by atoms with Gasteiger partial charge in [0.25, 0.3) is 0 Å². The van der Waals surface area contributed by atoms with Crippen LogP contribution in [0.2, 0.25) is 0 Å². The lowest BCUT2D eigenvalue weighted by Crippen LogP contribution is -2.57. The quantitative estimate of drug-likeness (QED) is 0.345. The lowest BCUT2D eigenvalue weighted by molar-refractivity contribution is -0.135. The monoisotopic (exact) mass is 533 g/mol. The molecule has 0 bridgehead atoms. The standard InChI is InChI=1S/C21H32FN5O2.HI/c1-3-23-21(24-15-17-6-7-19(28)18(22)14-17)27-12-10-25(11-13-27)16(2)20(29)26-8-4-5-9-26;/h6-7,14,16,28H,3-5,8-13,15H2,1-2H3,(H,23,24);1H. The van der Waals surface area contributed by atoms with E-state index in [9.17, 15) is 14.3 Å². The van der Waals surface area contributed by atoms with Gasteiger partial charge in [0.15, 0.2) is 17.5 Å². The van der Waals surface area contributed by atoms with Gasteiger partial charge in [0.05, 0.1) is 12.6 Å².